The number of fused-ring (bicyclic) bond motifs is 4. The van der Waals surface area contributed by atoms with Crippen molar-refractivity contribution < 1.29 is 14.3 Å². The number of benzene rings is 1. The minimum atomic E-state index is -0.708. The number of ketones is 1. The number of aryl methyl sites for hydroxylation is 2. The lowest BCUT2D eigenvalue weighted by Crippen LogP contribution is -2.35. The molecule has 0 saturated carbocycles. The van der Waals surface area contributed by atoms with E-state index in [1.54, 1.807) is 43.5 Å². The number of nitrogens with zero attached hydrogens (tertiary/aromatic N) is 3. The molecular weight excluding hydrogens is 390 g/mol. The van der Waals surface area contributed by atoms with Crippen molar-refractivity contribution in [2.24, 2.45) is 0 Å². The maximum atomic E-state index is 13.2. The minimum Gasteiger partial charge on any atom is -0.482 e. The van der Waals surface area contributed by atoms with Gasteiger partial charge in [0.25, 0.3) is 11.5 Å². The molecule has 1 atom stereocenters. The summed E-state index contributed by atoms with van der Waals surface area (Å²) in [5.74, 6) is 0.173. The number of hydrogen-bond donors (Lipinski definition) is 0. The van der Waals surface area contributed by atoms with Crippen LogP contribution in [-0.2, 0) is 17.6 Å². The van der Waals surface area contributed by atoms with E-state index in [-0.39, 0.29) is 23.9 Å². The summed E-state index contributed by atoms with van der Waals surface area (Å²) in [4.78, 5) is 46.1. The summed E-state index contributed by atoms with van der Waals surface area (Å²) < 4.78 is 6.84. The Morgan fingerprint density at radius 2 is 2.10 bits per heavy atom. The van der Waals surface area contributed by atoms with Crippen molar-refractivity contribution in [2.75, 3.05) is 18.6 Å². The normalized spacial score (nSPS) is 16.5. The summed E-state index contributed by atoms with van der Waals surface area (Å²) in [6.07, 6.45) is 4.41. The third-order valence-corrected chi connectivity index (χ3v) is 6.98. The highest BCUT2D eigenvalue weighted by Gasteiger charge is 2.27. The second-order valence-electron chi connectivity index (χ2n) is 7.46. The molecule has 29 heavy (non-hydrogen) atoms. The molecule has 5 rings (SSSR count). The van der Waals surface area contributed by atoms with Gasteiger partial charge >= 0.3 is 0 Å². The van der Waals surface area contributed by atoms with Crippen LogP contribution in [-0.4, -0.2) is 34.9 Å². The number of Topliss-reactive ketones (excluding diaryl/α,β-unsaturated/α-hetero) is 1. The quantitative estimate of drug-likeness (QED) is 0.622. The third-order valence-electron chi connectivity index (χ3n) is 5.78. The van der Waals surface area contributed by atoms with Crippen LogP contribution in [0.25, 0.3) is 10.2 Å². The maximum absolute atomic E-state index is 13.2. The van der Waals surface area contributed by atoms with Crippen molar-refractivity contribution in [3.05, 3.63) is 50.9 Å². The SMILES string of the molecule is CC(C(=O)c1ccc2c(c1)N(C)C(=O)CO2)n1cnc2sc3c(c2c1=O)CCC3. The van der Waals surface area contributed by atoms with E-state index in [2.05, 4.69) is 4.98 Å². The predicted octanol–water partition coefficient (Wildman–Crippen LogP) is 2.75. The van der Waals surface area contributed by atoms with E-state index in [0.717, 1.165) is 29.7 Å². The van der Waals surface area contributed by atoms with Gasteiger partial charge in [-0.25, -0.2) is 4.98 Å². The van der Waals surface area contributed by atoms with Gasteiger partial charge in [-0.3, -0.25) is 19.0 Å². The zero-order valence-electron chi connectivity index (χ0n) is 16.1. The Hall–Kier alpha value is -3.00. The molecule has 1 aliphatic heterocycles. The van der Waals surface area contributed by atoms with Crippen LogP contribution in [0.3, 0.4) is 0 Å². The van der Waals surface area contributed by atoms with Gasteiger partial charge < -0.3 is 9.64 Å². The molecule has 0 N–H and O–H groups in total. The fourth-order valence-corrected chi connectivity index (χ4v) is 5.29. The number of aromatic nitrogens is 2. The molecule has 8 heteroatoms. The number of rotatable bonds is 3. The van der Waals surface area contributed by atoms with Crippen molar-refractivity contribution in [3.8, 4) is 5.75 Å². The smallest absolute Gasteiger partial charge is 0.264 e. The minimum absolute atomic E-state index is 0.0146. The molecule has 1 unspecified atom stereocenters. The second-order valence-corrected chi connectivity index (χ2v) is 8.54. The zero-order valence-corrected chi connectivity index (χ0v) is 16.9. The lowest BCUT2D eigenvalue weighted by molar-refractivity contribution is -0.120. The molecule has 2 aromatic heterocycles. The van der Waals surface area contributed by atoms with E-state index in [4.69, 9.17) is 4.74 Å². The standard InChI is InChI=1S/C21H19N3O4S/c1-11(19(26)12-6-7-15-14(8-12)23(2)17(25)9-28-15)24-10-22-20-18(21(24)27)13-4-3-5-16(13)29-20/h6-8,10-11H,3-5,9H2,1-2H3. The van der Waals surface area contributed by atoms with Crippen LogP contribution in [0.2, 0.25) is 0 Å². The van der Waals surface area contributed by atoms with Crippen LogP contribution in [0.5, 0.6) is 5.75 Å². The Kier molecular flexibility index (Phi) is 4.06. The van der Waals surface area contributed by atoms with Crippen molar-refractivity contribution >= 4 is 38.9 Å². The first-order valence-electron chi connectivity index (χ1n) is 9.54. The van der Waals surface area contributed by atoms with Crippen molar-refractivity contribution in [1.82, 2.24) is 9.55 Å². The number of carbonyl (C=O) groups excluding carboxylic acids is 2. The summed E-state index contributed by atoms with van der Waals surface area (Å²) >= 11 is 1.58. The molecule has 1 aliphatic carbocycles. The van der Waals surface area contributed by atoms with Crippen LogP contribution >= 0.6 is 11.3 Å². The zero-order chi connectivity index (χ0) is 20.3. The van der Waals surface area contributed by atoms with E-state index in [1.165, 1.54) is 20.7 Å². The first-order valence-corrected chi connectivity index (χ1v) is 10.4. The van der Waals surface area contributed by atoms with E-state index in [0.29, 0.717) is 22.4 Å². The molecule has 3 aromatic rings. The van der Waals surface area contributed by atoms with Crippen LogP contribution in [0.1, 0.15) is 40.2 Å². The van der Waals surface area contributed by atoms with E-state index >= 15 is 0 Å². The van der Waals surface area contributed by atoms with E-state index in [9.17, 15) is 14.4 Å². The van der Waals surface area contributed by atoms with Crippen LogP contribution in [0, 0.1) is 0 Å². The molecule has 1 amide bonds. The Bertz CT molecular complexity index is 1240. The Balaban J connectivity index is 1.54. The number of anilines is 1. The third kappa shape index (κ3) is 2.70. The van der Waals surface area contributed by atoms with Gasteiger partial charge in [0.15, 0.2) is 12.4 Å². The summed E-state index contributed by atoms with van der Waals surface area (Å²) in [5, 5.41) is 0.661. The number of carbonyl (C=O) groups is 2. The van der Waals surface area contributed by atoms with Crippen LogP contribution in [0.15, 0.2) is 29.3 Å². The number of likely N-dealkylation sites (N-methyl/N-ethyl adjacent to an activating group) is 1. The summed E-state index contributed by atoms with van der Waals surface area (Å²) in [6, 6.07) is 4.29. The molecule has 0 saturated heterocycles. The molecular formula is C21H19N3O4S. The molecule has 0 spiro atoms. The molecule has 3 heterocycles. The largest absolute Gasteiger partial charge is 0.482 e. The molecule has 1 aromatic carbocycles. The first kappa shape index (κ1) is 18.1. The Morgan fingerprint density at radius 1 is 1.28 bits per heavy atom. The fourth-order valence-electron chi connectivity index (χ4n) is 4.07. The molecule has 0 bridgehead atoms. The summed E-state index contributed by atoms with van der Waals surface area (Å²) in [7, 11) is 1.65. The van der Waals surface area contributed by atoms with Gasteiger partial charge in [-0.2, -0.15) is 0 Å². The van der Waals surface area contributed by atoms with Crippen molar-refractivity contribution in [1.29, 1.82) is 0 Å². The van der Waals surface area contributed by atoms with Gasteiger partial charge in [-0.1, -0.05) is 0 Å². The highest BCUT2D eigenvalue weighted by atomic mass is 32.1. The van der Waals surface area contributed by atoms with Gasteiger partial charge in [0.05, 0.1) is 23.4 Å². The first-order chi connectivity index (χ1) is 14.0. The van der Waals surface area contributed by atoms with E-state index in [1.807, 2.05) is 0 Å². The van der Waals surface area contributed by atoms with Gasteiger partial charge in [0, 0.05) is 17.5 Å². The monoisotopic (exact) mass is 409 g/mol. The Morgan fingerprint density at radius 3 is 2.93 bits per heavy atom. The molecule has 0 radical (unpaired) electrons. The summed E-state index contributed by atoms with van der Waals surface area (Å²) in [6.45, 7) is 1.69. The molecule has 0 fully saturated rings. The maximum Gasteiger partial charge on any atom is 0.264 e. The molecule has 2 aliphatic rings. The van der Waals surface area contributed by atoms with Gasteiger partial charge in [-0.05, 0) is 49.9 Å². The fraction of sp³-hybridized carbons (Fsp3) is 0.333. The van der Waals surface area contributed by atoms with Gasteiger partial charge in [0.1, 0.15) is 10.6 Å². The average Bonchev–Trinajstić information content (AvgIpc) is 3.31. The van der Waals surface area contributed by atoms with Gasteiger partial charge in [-0.15, -0.1) is 11.3 Å². The number of amides is 1. The van der Waals surface area contributed by atoms with Crippen LogP contribution < -0.4 is 15.2 Å². The van der Waals surface area contributed by atoms with Crippen molar-refractivity contribution in [3.63, 3.8) is 0 Å². The Labute approximate surface area is 170 Å². The topological polar surface area (TPSA) is 81.5 Å². The van der Waals surface area contributed by atoms with E-state index < -0.39 is 6.04 Å². The number of hydrogen-bond acceptors (Lipinski definition) is 6. The number of thiophene rings is 1. The summed E-state index contributed by atoms with van der Waals surface area (Å²) in [5.41, 5.74) is 1.91. The van der Waals surface area contributed by atoms with Crippen LogP contribution in [0.4, 0.5) is 5.69 Å². The predicted molar refractivity (Wildman–Crippen MR) is 110 cm³/mol. The van der Waals surface area contributed by atoms with Crippen molar-refractivity contribution in [2.45, 2.75) is 32.2 Å². The van der Waals surface area contributed by atoms with Gasteiger partial charge in [0.2, 0.25) is 0 Å². The second kappa shape index (κ2) is 6.52. The lowest BCUT2D eigenvalue weighted by Gasteiger charge is -2.26. The highest BCUT2D eigenvalue weighted by molar-refractivity contribution is 7.18. The lowest BCUT2D eigenvalue weighted by atomic mass is 10.0. The highest BCUT2D eigenvalue weighted by Crippen LogP contribution is 2.35. The number of ether oxygens (including phenoxy) is 1. The molecule has 7 nitrogen and oxygen atoms in total. The molecule has 148 valence electrons. The average molecular weight is 409 g/mol.